The summed E-state index contributed by atoms with van der Waals surface area (Å²) in [7, 11) is 1.84. The number of carbonyl (C=O) groups excluding carboxylic acids is 1. The molecule has 0 bridgehead atoms. The highest BCUT2D eigenvalue weighted by molar-refractivity contribution is 6.00. The summed E-state index contributed by atoms with van der Waals surface area (Å²) in [6, 6.07) is 8.04. The molecule has 0 fully saturated rings. The second-order valence-corrected chi connectivity index (χ2v) is 3.76. The van der Waals surface area contributed by atoms with Gasteiger partial charge in [-0.15, -0.1) is 0 Å². The Labute approximate surface area is 90.1 Å². The Morgan fingerprint density at radius 1 is 1.47 bits per heavy atom. The number of nitrogens with zero attached hydrogens (tertiary/aromatic N) is 1. The molecule has 1 atom stereocenters. The molecule has 0 radical (unpaired) electrons. The molecule has 1 heterocycles. The van der Waals surface area contributed by atoms with Crippen molar-refractivity contribution in [2.75, 3.05) is 18.5 Å². The number of amides is 1. The van der Waals surface area contributed by atoms with Crippen molar-refractivity contribution in [3.05, 3.63) is 29.8 Å². The monoisotopic (exact) mass is 204 g/mol. The maximum Gasteiger partial charge on any atom is 0.244 e. The largest absolute Gasteiger partial charge is 0.311 e. The molecule has 1 unspecified atom stereocenters. The molecule has 0 aromatic heterocycles. The van der Waals surface area contributed by atoms with Gasteiger partial charge in [-0.25, -0.2) is 0 Å². The zero-order chi connectivity index (χ0) is 10.8. The number of likely N-dealkylation sites (N-methyl/N-ethyl adjacent to an activating group) is 2. The number of para-hydroxylation sites is 1. The Morgan fingerprint density at radius 3 is 2.87 bits per heavy atom. The summed E-state index contributed by atoms with van der Waals surface area (Å²) in [5.74, 6) is 0.179. The Balaban J connectivity index is 2.43. The summed E-state index contributed by atoms with van der Waals surface area (Å²) in [5, 5.41) is 3.07. The van der Waals surface area contributed by atoms with Crippen LogP contribution < -0.4 is 10.2 Å². The first kappa shape index (κ1) is 10.2. The molecule has 1 amide bonds. The number of anilines is 1. The van der Waals surface area contributed by atoms with E-state index in [0.29, 0.717) is 0 Å². The average Bonchev–Trinajstić information content (AvgIpc) is 2.28. The Kier molecular flexibility index (Phi) is 2.73. The van der Waals surface area contributed by atoms with Gasteiger partial charge in [0.2, 0.25) is 5.91 Å². The molecule has 0 aliphatic carbocycles. The molecular formula is C12H16N2O. The van der Waals surface area contributed by atoms with Gasteiger partial charge in [-0.3, -0.25) is 4.79 Å². The summed E-state index contributed by atoms with van der Waals surface area (Å²) in [4.78, 5) is 13.9. The Bertz CT molecular complexity index is 376. The molecule has 1 aromatic carbocycles. The quantitative estimate of drug-likeness (QED) is 0.784. The van der Waals surface area contributed by atoms with Crippen molar-refractivity contribution >= 4 is 11.6 Å². The van der Waals surface area contributed by atoms with Crippen molar-refractivity contribution in [1.29, 1.82) is 0 Å². The maximum absolute atomic E-state index is 12.0. The van der Waals surface area contributed by atoms with E-state index < -0.39 is 0 Å². The van der Waals surface area contributed by atoms with Crippen molar-refractivity contribution in [1.82, 2.24) is 5.32 Å². The zero-order valence-corrected chi connectivity index (χ0v) is 9.16. The van der Waals surface area contributed by atoms with Crippen molar-refractivity contribution < 1.29 is 4.79 Å². The molecule has 0 saturated heterocycles. The summed E-state index contributed by atoms with van der Waals surface area (Å²) >= 11 is 0. The molecule has 1 aliphatic rings. The molecular weight excluding hydrogens is 188 g/mol. The van der Waals surface area contributed by atoms with Crippen LogP contribution in [0.15, 0.2) is 24.3 Å². The van der Waals surface area contributed by atoms with Crippen molar-refractivity contribution in [2.24, 2.45) is 0 Å². The van der Waals surface area contributed by atoms with Gasteiger partial charge in [0.15, 0.2) is 0 Å². The standard InChI is InChI=1S/C12H16N2O/c1-3-14-11-7-5-4-6-9(11)8-10(13-2)12(14)15/h4-7,10,13H,3,8H2,1-2H3. The molecule has 1 aliphatic heterocycles. The number of hydrogen-bond donors (Lipinski definition) is 1. The molecule has 0 saturated carbocycles. The highest BCUT2D eigenvalue weighted by Gasteiger charge is 2.30. The van der Waals surface area contributed by atoms with Gasteiger partial charge >= 0.3 is 0 Å². The normalized spacial score (nSPS) is 20.3. The van der Waals surface area contributed by atoms with Crippen LogP contribution in [0.3, 0.4) is 0 Å². The maximum atomic E-state index is 12.0. The number of nitrogens with one attached hydrogen (secondary N) is 1. The number of rotatable bonds is 2. The van der Waals surface area contributed by atoms with E-state index in [1.165, 1.54) is 5.56 Å². The molecule has 80 valence electrons. The lowest BCUT2D eigenvalue weighted by atomic mass is 9.97. The van der Waals surface area contributed by atoms with Gasteiger partial charge in [-0.1, -0.05) is 18.2 Å². The topological polar surface area (TPSA) is 32.3 Å². The molecule has 15 heavy (non-hydrogen) atoms. The highest BCUT2D eigenvalue weighted by atomic mass is 16.2. The number of benzene rings is 1. The van der Waals surface area contributed by atoms with Crippen LogP contribution in [-0.2, 0) is 11.2 Å². The van der Waals surface area contributed by atoms with E-state index >= 15 is 0 Å². The van der Waals surface area contributed by atoms with Gasteiger partial charge < -0.3 is 10.2 Å². The summed E-state index contributed by atoms with van der Waals surface area (Å²) in [6.45, 7) is 2.74. The van der Waals surface area contributed by atoms with Gasteiger partial charge in [-0.2, -0.15) is 0 Å². The molecule has 3 nitrogen and oxygen atoms in total. The van der Waals surface area contributed by atoms with E-state index in [-0.39, 0.29) is 11.9 Å². The fourth-order valence-electron chi connectivity index (χ4n) is 2.11. The number of fused-ring (bicyclic) bond motifs is 1. The van der Waals surface area contributed by atoms with E-state index in [1.807, 2.05) is 37.1 Å². The van der Waals surface area contributed by atoms with Crippen LogP contribution in [0.2, 0.25) is 0 Å². The number of hydrogen-bond acceptors (Lipinski definition) is 2. The molecule has 1 N–H and O–H groups in total. The van der Waals surface area contributed by atoms with Crippen LogP contribution in [0.4, 0.5) is 5.69 Å². The smallest absolute Gasteiger partial charge is 0.244 e. The minimum atomic E-state index is -0.0696. The average molecular weight is 204 g/mol. The van der Waals surface area contributed by atoms with Gasteiger partial charge in [0.25, 0.3) is 0 Å². The van der Waals surface area contributed by atoms with Crippen LogP contribution in [0.1, 0.15) is 12.5 Å². The van der Waals surface area contributed by atoms with Crippen LogP contribution in [0.25, 0.3) is 0 Å². The molecule has 1 aromatic rings. The van der Waals surface area contributed by atoms with E-state index in [1.54, 1.807) is 0 Å². The van der Waals surface area contributed by atoms with Crippen molar-refractivity contribution in [2.45, 2.75) is 19.4 Å². The highest BCUT2D eigenvalue weighted by Crippen LogP contribution is 2.27. The molecule has 2 rings (SSSR count). The molecule has 3 heteroatoms. The fourth-order valence-corrected chi connectivity index (χ4v) is 2.11. The first-order valence-corrected chi connectivity index (χ1v) is 5.34. The first-order chi connectivity index (χ1) is 7.27. The van der Waals surface area contributed by atoms with Crippen LogP contribution in [0, 0.1) is 0 Å². The van der Waals surface area contributed by atoms with E-state index in [0.717, 1.165) is 18.7 Å². The third-order valence-electron chi connectivity index (χ3n) is 2.94. The minimum Gasteiger partial charge on any atom is -0.311 e. The van der Waals surface area contributed by atoms with E-state index in [9.17, 15) is 4.79 Å². The lowest BCUT2D eigenvalue weighted by Crippen LogP contribution is -2.50. The van der Waals surface area contributed by atoms with Crippen LogP contribution in [0.5, 0.6) is 0 Å². The third-order valence-corrected chi connectivity index (χ3v) is 2.94. The number of carbonyl (C=O) groups is 1. The minimum absolute atomic E-state index is 0.0696. The lowest BCUT2D eigenvalue weighted by Gasteiger charge is -2.33. The fraction of sp³-hybridized carbons (Fsp3) is 0.417. The van der Waals surface area contributed by atoms with E-state index in [4.69, 9.17) is 0 Å². The van der Waals surface area contributed by atoms with Crippen molar-refractivity contribution in [3.63, 3.8) is 0 Å². The summed E-state index contributed by atoms with van der Waals surface area (Å²) in [5.41, 5.74) is 2.31. The summed E-state index contributed by atoms with van der Waals surface area (Å²) < 4.78 is 0. The summed E-state index contributed by atoms with van der Waals surface area (Å²) in [6.07, 6.45) is 0.794. The predicted octanol–water partition coefficient (Wildman–Crippen LogP) is 1.18. The van der Waals surface area contributed by atoms with Crippen molar-refractivity contribution in [3.8, 4) is 0 Å². The lowest BCUT2D eigenvalue weighted by molar-refractivity contribution is -0.120. The SMILES string of the molecule is CCN1C(=O)C(NC)Cc2ccccc21. The predicted molar refractivity (Wildman–Crippen MR) is 61.0 cm³/mol. The molecule has 0 spiro atoms. The van der Waals surface area contributed by atoms with Gasteiger partial charge in [-0.05, 0) is 32.0 Å². The van der Waals surface area contributed by atoms with Crippen LogP contribution in [-0.4, -0.2) is 25.5 Å². The zero-order valence-electron chi connectivity index (χ0n) is 9.16. The van der Waals surface area contributed by atoms with Crippen LogP contribution >= 0.6 is 0 Å². The van der Waals surface area contributed by atoms with E-state index in [2.05, 4.69) is 11.4 Å². The Morgan fingerprint density at radius 2 is 2.20 bits per heavy atom. The van der Waals surface area contributed by atoms with Gasteiger partial charge in [0, 0.05) is 12.2 Å². The third kappa shape index (κ3) is 1.63. The van der Waals surface area contributed by atoms with Gasteiger partial charge in [0.05, 0.1) is 6.04 Å². The first-order valence-electron chi connectivity index (χ1n) is 5.34. The second-order valence-electron chi connectivity index (χ2n) is 3.76. The second kappa shape index (κ2) is 4.03. The van der Waals surface area contributed by atoms with Gasteiger partial charge in [0.1, 0.15) is 0 Å². The Hall–Kier alpha value is -1.35.